The van der Waals surface area contributed by atoms with Gasteiger partial charge in [0.1, 0.15) is 0 Å². The molecule has 0 bridgehead atoms. The third-order valence-corrected chi connectivity index (χ3v) is 6.35. The summed E-state index contributed by atoms with van der Waals surface area (Å²) in [5.74, 6) is 3.01. The van der Waals surface area contributed by atoms with Crippen LogP contribution in [0.25, 0.3) is 0 Å². The number of thiocarbonyl (C=S) groups is 1. The molecular weight excluding hydrogens is 386 g/mol. The molecule has 1 aliphatic rings. The highest BCUT2D eigenvalue weighted by molar-refractivity contribution is 7.80. The molecule has 0 amide bonds. The fourth-order valence-electron chi connectivity index (χ4n) is 4.16. The van der Waals surface area contributed by atoms with Crippen molar-refractivity contribution in [3.8, 4) is 0 Å². The molecule has 0 spiro atoms. The number of rotatable bonds is 8. The van der Waals surface area contributed by atoms with Gasteiger partial charge in [0, 0.05) is 24.4 Å². The van der Waals surface area contributed by atoms with Crippen LogP contribution < -0.4 is 16.8 Å². The first-order valence-electron chi connectivity index (χ1n) is 11.4. The maximum Gasteiger partial charge on any atom is 0.0787 e. The summed E-state index contributed by atoms with van der Waals surface area (Å²) in [6, 6.07) is 0.109. The molecule has 3 nitrogen and oxygen atoms in total. The van der Waals surface area contributed by atoms with E-state index in [0.717, 1.165) is 23.9 Å². The fraction of sp³-hybridized carbons (Fsp3) is 0.654. The van der Waals surface area contributed by atoms with E-state index in [1.165, 1.54) is 31.0 Å². The van der Waals surface area contributed by atoms with Gasteiger partial charge < -0.3 is 16.8 Å². The Morgan fingerprint density at radius 2 is 1.80 bits per heavy atom. The maximum atomic E-state index is 6.25. The Bertz CT molecular complexity index is 518. The van der Waals surface area contributed by atoms with Crippen LogP contribution in [0.15, 0.2) is 49.7 Å². The SMILES string of the molecule is C/C=C/N.C=C.C=C/C=C(\CC)C(CNC(=S)C1CC(C)CC[C@H]1C(C)C)C(C)N. The molecule has 4 unspecified atom stereocenters. The van der Waals surface area contributed by atoms with E-state index in [1.54, 1.807) is 6.08 Å². The molecule has 4 heteroatoms. The molecule has 30 heavy (non-hydrogen) atoms. The van der Waals surface area contributed by atoms with Crippen LogP contribution in [0.2, 0.25) is 0 Å². The summed E-state index contributed by atoms with van der Waals surface area (Å²) in [4.78, 5) is 1.06. The highest BCUT2D eigenvalue weighted by atomic mass is 32.1. The Morgan fingerprint density at radius 3 is 2.20 bits per heavy atom. The van der Waals surface area contributed by atoms with Crippen molar-refractivity contribution in [2.75, 3.05) is 6.54 Å². The van der Waals surface area contributed by atoms with E-state index < -0.39 is 0 Å². The second-order valence-electron chi connectivity index (χ2n) is 8.50. The van der Waals surface area contributed by atoms with Gasteiger partial charge in [-0.25, -0.2) is 0 Å². The van der Waals surface area contributed by atoms with Crippen molar-refractivity contribution >= 4 is 17.2 Å². The second-order valence-corrected chi connectivity index (χ2v) is 8.94. The summed E-state index contributed by atoms with van der Waals surface area (Å²) in [6.07, 6.45) is 12.1. The van der Waals surface area contributed by atoms with Gasteiger partial charge in [0.05, 0.1) is 4.99 Å². The predicted molar refractivity (Wildman–Crippen MR) is 141 cm³/mol. The third kappa shape index (κ3) is 11.7. The molecule has 1 aliphatic carbocycles. The van der Waals surface area contributed by atoms with Gasteiger partial charge in [-0.1, -0.05) is 76.7 Å². The molecule has 1 rings (SSSR count). The largest absolute Gasteiger partial charge is 0.405 e. The maximum absolute atomic E-state index is 6.25. The van der Waals surface area contributed by atoms with Crippen molar-refractivity contribution in [2.45, 2.75) is 73.3 Å². The molecule has 1 fully saturated rings. The normalized spacial score (nSPS) is 23.5. The van der Waals surface area contributed by atoms with Crippen LogP contribution in [0.3, 0.4) is 0 Å². The average Bonchev–Trinajstić information content (AvgIpc) is 2.73. The van der Waals surface area contributed by atoms with E-state index in [2.05, 4.69) is 65.7 Å². The Labute approximate surface area is 193 Å². The van der Waals surface area contributed by atoms with E-state index in [9.17, 15) is 0 Å². The molecule has 0 aromatic rings. The summed E-state index contributed by atoms with van der Waals surface area (Å²) in [7, 11) is 0. The molecule has 1 saturated carbocycles. The van der Waals surface area contributed by atoms with Crippen LogP contribution in [0.5, 0.6) is 0 Å². The van der Waals surface area contributed by atoms with Crippen LogP contribution in [0.4, 0.5) is 0 Å². The van der Waals surface area contributed by atoms with Crippen molar-refractivity contribution in [1.82, 2.24) is 5.32 Å². The quantitative estimate of drug-likeness (QED) is 0.235. The van der Waals surface area contributed by atoms with Crippen molar-refractivity contribution in [3.05, 3.63) is 49.7 Å². The number of allylic oxidation sites excluding steroid dienone is 3. The third-order valence-electron chi connectivity index (χ3n) is 5.90. The summed E-state index contributed by atoms with van der Waals surface area (Å²) < 4.78 is 0. The molecule has 0 heterocycles. The number of nitrogens with one attached hydrogen (secondary N) is 1. The average molecular weight is 436 g/mol. The van der Waals surface area contributed by atoms with E-state index in [4.69, 9.17) is 23.7 Å². The molecule has 0 saturated heterocycles. The first kappa shape index (κ1) is 30.8. The zero-order valence-electron chi connectivity index (χ0n) is 20.5. The molecule has 0 aromatic carbocycles. The highest BCUT2D eigenvalue weighted by Gasteiger charge is 2.33. The molecule has 174 valence electrons. The Morgan fingerprint density at radius 1 is 1.23 bits per heavy atom. The molecule has 5 atom stereocenters. The monoisotopic (exact) mass is 435 g/mol. The van der Waals surface area contributed by atoms with Gasteiger partial charge in [-0.3, -0.25) is 0 Å². The predicted octanol–water partition coefficient (Wildman–Crippen LogP) is 6.38. The smallest absolute Gasteiger partial charge is 0.0787 e. The highest BCUT2D eigenvalue weighted by Crippen LogP contribution is 2.38. The summed E-state index contributed by atoms with van der Waals surface area (Å²) in [6.45, 7) is 23.8. The van der Waals surface area contributed by atoms with Gasteiger partial charge in [0.15, 0.2) is 0 Å². The first-order valence-corrected chi connectivity index (χ1v) is 11.8. The van der Waals surface area contributed by atoms with Gasteiger partial charge in [-0.15, -0.1) is 13.2 Å². The van der Waals surface area contributed by atoms with Gasteiger partial charge >= 0.3 is 0 Å². The van der Waals surface area contributed by atoms with Crippen LogP contribution in [0, 0.1) is 29.6 Å². The Balaban J connectivity index is 0. The lowest BCUT2D eigenvalue weighted by Gasteiger charge is -2.38. The molecule has 5 N–H and O–H groups in total. The zero-order valence-corrected chi connectivity index (χ0v) is 21.3. The topological polar surface area (TPSA) is 64.1 Å². The lowest BCUT2D eigenvalue weighted by Crippen LogP contribution is -2.43. The van der Waals surface area contributed by atoms with Crippen LogP contribution in [-0.2, 0) is 0 Å². The van der Waals surface area contributed by atoms with E-state index >= 15 is 0 Å². The lowest BCUT2D eigenvalue weighted by atomic mass is 9.70. The molecule has 0 aliphatic heterocycles. The van der Waals surface area contributed by atoms with Crippen molar-refractivity contribution in [1.29, 1.82) is 0 Å². The minimum atomic E-state index is 0.109. The Kier molecular flexibility index (Phi) is 18.9. The minimum absolute atomic E-state index is 0.109. The fourth-order valence-corrected chi connectivity index (χ4v) is 4.51. The van der Waals surface area contributed by atoms with Gasteiger partial charge in [-0.2, -0.15) is 0 Å². The van der Waals surface area contributed by atoms with Crippen molar-refractivity contribution < 1.29 is 0 Å². The van der Waals surface area contributed by atoms with Crippen molar-refractivity contribution in [2.24, 2.45) is 41.1 Å². The molecule has 0 radical (unpaired) electrons. The van der Waals surface area contributed by atoms with Gasteiger partial charge in [0.2, 0.25) is 0 Å². The minimum Gasteiger partial charge on any atom is -0.405 e. The summed E-state index contributed by atoms with van der Waals surface area (Å²) in [5, 5.41) is 3.59. The van der Waals surface area contributed by atoms with Crippen LogP contribution in [0.1, 0.15) is 67.2 Å². The molecular formula is C26H49N3S. The number of nitrogens with two attached hydrogens (primary N) is 2. The van der Waals surface area contributed by atoms with E-state index in [-0.39, 0.29) is 6.04 Å². The van der Waals surface area contributed by atoms with Gasteiger partial charge in [-0.05, 0) is 57.1 Å². The number of hydrogen-bond acceptors (Lipinski definition) is 3. The standard InChI is InChI=1S/C21H38N2S.C3H7N.C2H4/c1-7-9-17(8-2)20(16(6)22)13-23-21(24)19-12-15(5)10-11-18(19)14(3)4;1-2-3-4;1-2/h7,9,14-16,18-20H,1,8,10-13,22H2,2-6H3,(H,23,24);2-3H,4H2,1H3;1-2H2/b17-9+;3-2+;/t15?,16?,18-,19?,20?;;/m0../s1. The van der Waals surface area contributed by atoms with E-state index in [0.29, 0.717) is 23.7 Å². The van der Waals surface area contributed by atoms with Crippen LogP contribution in [-0.4, -0.2) is 17.6 Å². The summed E-state index contributed by atoms with van der Waals surface area (Å²) in [5.41, 5.74) is 12.4. The lowest BCUT2D eigenvalue weighted by molar-refractivity contribution is 0.190. The zero-order chi connectivity index (χ0) is 23.7. The molecule has 0 aromatic heterocycles. The van der Waals surface area contributed by atoms with Crippen molar-refractivity contribution in [3.63, 3.8) is 0 Å². The first-order chi connectivity index (χ1) is 14.2. The summed E-state index contributed by atoms with van der Waals surface area (Å²) >= 11 is 5.82. The van der Waals surface area contributed by atoms with E-state index in [1.807, 2.05) is 13.0 Å². The Hall–Kier alpha value is -1.39. The number of hydrogen-bond donors (Lipinski definition) is 3. The van der Waals surface area contributed by atoms with Gasteiger partial charge in [0.25, 0.3) is 0 Å². The van der Waals surface area contributed by atoms with Crippen LogP contribution >= 0.6 is 12.2 Å². The second kappa shape index (κ2) is 18.4.